The first-order valence-corrected chi connectivity index (χ1v) is 6.20. The molecule has 76 valence electrons. The highest BCUT2D eigenvalue weighted by atomic mass is 79.9. The molecule has 1 aliphatic carbocycles. The van der Waals surface area contributed by atoms with Crippen LogP contribution in [-0.2, 0) is 4.79 Å². The van der Waals surface area contributed by atoms with Crippen LogP contribution in [0.25, 0.3) is 0 Å². The van der Waals surface area contributed by atoms with Gasteiger partial charge in [-0.15, -0.1) is 0 Å². The maximum Gasteiger partial charge on any atom is 0.230 e. The third kappa shape index (κ3) is 4.12. The lowest BCUT2D eigenvalue weighted by Crippen LogP contribution is -2.35. The van der Waals surface area contributed by atoms with Gasteiger partial charge in [-0.05, 0) is 25.2 Å². The Balaban J connectivity index is 2.29. The minimum absolute atomic E-state index is 0.125. The molecule has 13 heavy (non-hydrogen) atoms. The predicted octanol–water partition coefficient (Wildman–Crippen LogP) is 2.47. The monoisotopic (exact) mass is 247 g/mol. The molecule has 2 nitrogen and oxygen atoms in total. The first-order valence-electron chi connectivity index (χ1n) is 5.07. The number of alkyl halides is 1. The number of carbonyl (C=O) groups excluding carboxylic acids is 1. The molecule has 1 amide bonds. The van der Waals surface area contributed by atoms with Gasteiger partial charge in [0.15, 0.2) is 0 Å². The molecule has 1 aliphatic rings. The molecule has 0 aromatic rings. The van der Waals surface area contributed by atoms with Gasteiger partial charge >= 0.3 is 0 Å². The van der Waals surface area contributed by atoms with Crippen LogP contribution in [0.1, 0.15) is 39.0 Å². The number of hydrogen-bond donors (Lipinski definition) is 1. The Labute approximate surface area is 88.6 Å². The van der Waals surface area contributed by atoms with E-state index < -0.39 is 0 Å². The Hall–Kier alpha value is -0.0500. The van der Waals surface area contributed by atoms with Crippen LogP contribution in [0.4, 0.5) is 0 Å². The summed E-state index contributed by atoms with van der Waals surface area (Å²) in [5, 5.41) is 3.47. The molecule has 2 atom stereocenters. The van der Waals surface area contributed by atoms with Gasteiger partial charge in [0.2, 0.25) is 5.91 Å². The number of hydrogen-bond acceptors (Lipinski definition) is 1. The minimum atomic E-state index is 0.125. The lowest BCUT2D eigenvalue weighted by molar-refractivity contribution is -0.119. The van der Waals surface area contributed by atoms with Crippen molar-refractivity contribution in [3.8, 4) is 0 Å². The second-order valence-electron chi connectivity index (χ2n) is 4.01. The molecule has 0 spiro atoms. The van der Waals surface area contributed by atoms with Crippen LogP contribution in [0.5, 0.6) is 0 Å². The van der Waals surface area contributed by atoms with Crippen molar-refractivity contribution in [1.82, 2.24) is 5.32 Å². The zero-order valence-electron chi connectivity index (χ0n) is 8.18. The van der Waals surface area contributed by atoms with Crippen molar-refractivity contribution >= 4 is 21.8 Å². The van der Waals surface area contributed by atoms with Gasteiger partial charge in [-0.3, -0.25) is 4.79 Å². The molecule has 0 aromatic carbocycles. The average molecular weight is 248 g/mol. The van der Waals surface area contributed by atoms with Gasteiger partial charge in [0.25, 0.3) is 0 Å². The average Bonchev–Trinajstić information content (AvgIpc) is 2.31. The quantitative estimate of drug-likeness (QED) is 0.590. The molecule has 0 saturated heterocycles. The van der Waals surface area contributed by atoms with E-state index in [1.165, 1.54) is 19.3 Å². The molecule has 2 unspecified atom stereocenters. The highest BCUT2D eigenvalue weighted by molar-refractivity contribution is 9.09. The van der Waals surface area contributed by atoms with Gasteiger partial charge < -0.3 is 5.32 Å². The largest absolute Gasteiger partial charge is 0.353 e. The maximum atomic E-state index is 11.1. The molecule has 0 aliphatic heterocycles. The molecule has 0 aromatic heterocycles. The van der Waals surface area contributed by atoms with E-state index in [1.54, 1.807) is 0 Å². The lowest BCUT2D eigenvalue weighted by atomic mass is 10.0. The first kappa shape index (κ1) is 11.0. The highest BCUT2D eigenvalue weighted by Gasteiger charge is 2.16. The number of rotatable bonds is 2. The van der Waals surface area contributed by atoms with E-state index in [-0.39, 0.29) is 5.91 Å². The van der Waals surface area contributed by atoms with Gasteiger partial charge in [0, 0.05) is 6.04 Å². The van der Waals surface area contributed by atoms with Crippen LogP contribution in [0.3, 0.4) is 0 Å². The van der Waals surface area contributed by atoms with Gasteiger partial charge in [-0.1, -0.05) is 35.7 Å². The Morgan fingerprint density at radius 2 is 2.15 bits per heavy atom. The summed E-state index contributed by atoms with van der Waals surface area (Å²) >= 11 is 3.16. The smallest absolute Gasteiger partial charge is 0.230 e. The Morgan fingerprint density at radius 1 is 1.38 bits per heavy atom. The van der Waals surface area contributed by atoms with E-state index in [0.29, 0.717) is 11.4 Å². The SMILES string of the molecule is CC1CCCC(NC(=O)CBr)CC1. The van der Waals surface area contributed by atoms with Crippen LogP contribution in [0.15, 0.2) is 0 Å². The van der Waals surface area contributed by atoms with E-state index in [0.717, 1.165) is 18.8 Å². The molecular formula is C10H18BrNO. The number of carbonyl (C=O) groups is 1. The summed E-state index contributed by atoms with van der Waals surface area (Å²) in [6, 6.07) is 0.426. The molecule has 0 bridgehead atoms. The third-order valence-corrected chi connectivity index (χ3v) is 3.25. The summed E-state index contributed by atoms with van der Waals surface area (Å²) in [6.07, 6.45) is 6.14. The number of halogens is 1. The molecule has 3 heteroatoms. The van der Waals surface area contributed by atoms with Crippen LogP contribution < -0.4 is 5.32 Å². The number of amides is 1. The summed E-state index contributed by atoms with van der Waals surface area (Å²) in [5.41, 5.74) is 0. The van der Waals surface area contributed by atoms with E-state index in [4.69, 9.17) is 0 Å². The Kier molecular flexibility index (Phi) is 4.78. The normalized spacial score (nSPS) is 29.4. The lowest BCUT2D eigenvalue weighted by Gasteiger charge is -2.15. The van der Waals surface area contributed by atoms with Crippen molar-refractivity contribution in [2.24, 2.45) is 5.92 Å². The zero-order chi connectivity index (χ0) is 9.68. The van der Waals surface area contributed by atoms with E-state index in [2.05, 4.69) is 28.2 Å². The first-order chi connectivity index (χ1) is 6.22. The molecule has 1 rings (SSSR count). The second-order valence-corrected chi connectivity index (χ2v) is 4.57. The molecule has 0 heterocycles. The van der Waals surface area contributed by atoms with Crippen LogP contribution in [0, 0.1) is 5.92 Å². The molecule has 1 fully saturated rings. The van der Waals surface area contributed by atoms with Crippen LogP contribution in [-0.4, -0.2) is 17.3 Å². The van der Waals surface area contributed by atoms with Crippen LogP contribution in [0.2, 0.25) is 0 Å². The van der Waals surface area contributed by atoms with Gasteiger partial charge in [0.05, 0.1) is 5.33 Å². The van der Waals surface area contributed by atoms with Gasteiger partial charge in [-0.25, -0.2) is 0 Å². The molecule has 0 radical (unpaired) electrons. The van der Waals surface area contributed by atoms with E-state index >= 15 is 0 Å². The fraction of sp³-hybridized carbons (Fsp3) is 0.900. The van der Waals surface area contributed by atoms with E-state index in [1.807, 2.05) is 0 Å². The summed E-state index contributed by atoms with van der Waals surface area (Å²) < 4.78 is 0. The zero-order valence-corrected chi connectivity index (χ0v) is 9.77. The minimum Gasteiger partial charge on any atom is -0.353 e. The van der Waals surface area contributed by atoms with Gasteiger partial charge in [-0.2, -0.15) is 0 Å². The van der Waals surface area contributed by atoms with Crippen molar-refractivity contribution in [1.29, 1.82) is 0 Å². The van der Waals surface area contributed by atoms with Crippen molar-refractivity contribution < 1.29 is 4.79 Å². The van der Waals surface area contributed by atoms with Crippen molar-refractivity contribution in [2.75, 3.05) is 5.33 Å². The van der Waals surface area contributed by atoms with Crippen molar-refractivity contribution in [2.45, 2.75) is 45.1 Å². The maximum absolute atomic E-state index is 11.1. The summed E-state index contributed by atoms with van der Waals surface area (Å²) in [4.78, 5) is 11.1. The fourth-order valence-electron chi connectivity index (χ4n) is 1.90. The summed E-state index contributed by atoms with van der Waals surface area (Å²) in [5.74, 6) is 0.963. The number of nitrogens with one attached hydrogen (secondary N) is 1. The molecular weight excluding hydrogens is 230 g/mol. The van der Waals surface area contributed by atoms with Crippen LogP contribution >= 0.6 is 15.9 Å². The van der Waals surface area contributed by atoms with Crippen molar-refractivity contribution in [3.63, 3.8) is 0 Å². The Morgan fingerprint density at radius 3 is 2.85 bits per heavy atom. The topological polar surface area (TPSA) is 29.1 Å². The molecule has 1 N–H and O–H groups in total. The Bertz CT molecular complexity index is 172. The predicted molar refractivity (Wildman–Crippen MR) is 58.0 cm³/mol. The standard InChI is InChI=1S/C10H18BrNO/c1-8-3-2-4-9(6-5-8)12-10(13)7-11/h8-9H,2-7H2,1H3,(H,12,13). The third-order valence-electron chi connectivity index (χ3n) is 2.74. The van der Waals surface area contributed by atoms with Gasteiger partial charge in [0.1, 0.15) is 0 Å². The summed E-state index contributed by atoms with van der Waals surface area (Å²) in [7, 11) is 0. The van der Waals surface area contributed by atoms with Crippen molar-refractivity contribution in [3.05, 3.63) is 0 Å². The second kappa shape index (κ2) is 5.63. The highest BCUT2D eigenvalue weighted by Crippen LogP contribution is 2.22. The summed E-state index contributed by atoms with van der Waals surface area (Å²) in [6.45, 7) is 2.30. The fourth-order valence-corrected chi connectivity index (χ4v) is 2.06. The van der Waals surface area contributed by atoms with E-state index in [9.17, 15) is 4.79 Å². The molecule has 1 saturated carbocycles.